The van der Waals surface area contributed by atoms with Crippen molar-refractivity contribution in [3.8, 4) is 11.5 Å². The first-order valence-corrected chi connectivity index (χ1v) is 5.82. The number of rotatable bonds is 3. The molecule has 3 rings (SSSR count). The Morgan fingerprint density at radius 1 is 1.44 bits per heavy atom. The highest BCUT2D eigenvalue weighted by molar-refractivity contribution is 5.88. The molecule has 18 heavy (non-hydrogen) atoms. The lowest BCUT2D eigenvalue weighted by Gasteiger charge is -1.97. The molecule has 2 aromatic rings. The number of carboxylic acids is 1. The molecule has 1 saturated carbocycles. The van der Waals surface area contributed by atoms with Gasteiger partial charge in [-0.25, -0.2) is 4.79 Å². The van der Waals surface area contributed by atoms with Gasteiger partial charge in [-0.05, 0) is 30.5 Å². The molecule has 2 unspecified atom stereocenters. The summed E-state index contributed by atoms with van der Waals surface area (Å²) in [6.45, 7) is 2.14. The summed E-state index contributed by atoms with van der Waals surface area (Å²) in [5.74, 6) is 1.04. The third kappa shape index (κ3) is 1.88. The minimum Gasteiger partial charge on any atom is -0.478 e. The third-order valence-electron chi connectivity index (χ3n) is 3.22. The van der Waals surface area contributed by atoms with Crippen molar-refractivity contribution in [3.05, 3.63) is 35.7 Å². The van der Waals surface area contributed by atoms with E-state index in [0.29, 0.717) is 29.2 Å². The summed E-state index contributed by atoms with van der Waals surface area (Å²) in [5, 5.41) is 16.9. The molecule has 1 aliphatic carbocycles. The predicted octanol–water partition coefficient (Wildman–Crippen LogP) is 2.56. The standard InChI is InChI=1S/C13H12N2O3/c1-7-5-10(7)12-15-14-11(18-12)8-3-2-4-9(6-8)13(16)17/h2-4,6-7,10H,5H2,1H3,(H,16,17). The van der Waals surface area contributed by atoms with Crippen LogP contribution in [0.5, 0.6) is 0 Å². The summed E-state index contributed by atoms with van der Waals surface area (Å²) in [6, 6.07) is 6.50. The van der Waals surface area contributed by atoms with Crippen molar-refractivity contribution in [1.82, 2.24) is 10.2 Å². The van der Waals surface area contributed by atoms with Crippen molar-refractivity contribution in [2.24, 2.45) is 5.92 Å². The lowest BCUT2D eigenvalue weighted by Crippen LogP contribution is -1.95. The molecule has 92 valence electrons. The molecular weight excluding hydrogens is 232 g/mol. The fraction of sp³-hybridized carbons (Fsp3) is 0.308. The van der Waals surface area contributed by atoms with Crippen molar-refractivity contribution < 1.29 is 14.3 Å². The number of aromatic carboxylic acids is 1. The minimum atomic E-state index is -0.965. The summed E-state index contributed by atoms with van der Waals surface area (Å²) in [4.78, 5) is 10.9. The van der Waals surface area contributed by atoms with Crippen LogP contribution in [0.2, 0.25) is 0 Å². The average molecular weight is 244 g/mol. The Hall–Kier alpha value is -2.17. The second-order valence-electron chi connectivity index (χ2n) is 4.65. The molecule has 1 aromatic carbocycles. The second kappa shape index (κ2) is 3.94. The molecule has 1 aromatic heterocycles. The van der Waals surface area contributed by atoms with Gasteiger partial charge in [0.25, 0.3) is 0 Å². The highest BCUT2D eigenvalue weighted by Gasteiger charge is 2.38. The van der Waals surface area contributed by atoms with E-state index in [1.165, 1.54) is 12.1 Å². The maximum Gasteiger partial charge on any atom is 0.335 e. The van der Waals surface area contributed by atoms with Gasteiger partial charge in [0.1, 0.15) is 0 Å². The highest BCUT2D eigenvalue weighted by Crippen LogP contribution is 2.46. The molecule has 1 aliphatic rings. The first kappa shape index (κ1) is 11.0. The molecule has 2 atom stereocenters. The summed E-state index contributed by atoms with van der Waals surface area (Å²) >= 11 is 0. The molecule has 0 spiro atoms. The van der Waals surface area contributed by atoms with Crippen molar-refractivity contribution >= 4 is 5.97 Å². The molecule has 0 bridgehead atoms. The monoisotopic (exact) mass is 244 g/mol. The Balaban J connectivity index is 1.92. The van der Waals surface area contributed by atoms with E-state index in [2.05, 4.69) is 17.1 Å². The summed E-state index contributed by atoms with van der Waals surface area (Å²) in [7, 11) is 0. The Kier molecular flexibility index (Phi) is 2.40. The van der Waals surface area contributed by atoms with Gasteiger partial charge in [-0.2, -0.15) is 0 Å². The van der Waals surface area contributed by atoms with Gasteiger partial charge in [-0.3, -0.25) is 0 Å². The molecule has 1 fully saturated rings. The SMILES string of the molecule is CC1CC1c1nnc(-c2cccc(C(=O)O)c2)o1. The fourth-order valence-corrected chi connectivity index (χ4v) is 1.95. The lowest BCUT2D eigenvalue weighted by atomic mass is 10.1. The number of carboxylic acid groups (broad SMARTS) is 1. The van der Waals surface area contributed by atoms with Crippen molar-refractivity contribution in [2.75, 3.05) is 0 Å². The van der Waals surface area contributed by atoms with Gasteiger partial charge in [0.2, 0.25) is 11.8 Å². The number of benzene rings is 1. The Morgan fingerprint density at radius 3 is 2.89 bits per heavy atom. The lowest BCUT2D eigenvalue weighted by molar-refractivity contribution is 0.0697. The quantitative estimate of drug-likeness (QED) is 0.897. The Labute approximate surface area is 103 Å². The van der Waals surface area contributed by atoms with E-state index in [1.54, 1.807) is 12.1 Å². The molecule has 5 heteroatoms. The van der Waals surface area contributed by atoms with Crippen LogP contribution in [0, 0.1) is 5.92 Å². The second-order valence-corrected chi connectivity index (χ2v) is 4.65. The maximum atomic E-state index is 10.9. The molecule has 0 aliphatic heterocycles. The number of nitrogens with zero attached hydrogens (tertiary/aromatic N) is 2. The van der Waals surface area contributed by atoms with Gasteiger partial charge >= 0.3 is 5.97 Å². The largest absolute Gasteiger partial charge is 0.478 e. The number of hydrogen-bond donors (Lipinski definition) is 1. The third-order valence-corrected chi connectivity index (χ3v) is 3.22. The topological polar surface area (TPSA) is 76.2 Å². The van der Waals surface area contributed by atoms with Crippen LogP contribution in [0.1, 0.15) is 35.5 Å². The van der Waals surface area contributed by atoms with E-state index >= 15 is 0 Å². The van der Waals surface area contributed by atoms with Gasteiger partial charge in [-0.1, -0.05) is 13.0 Å². The zero-order chi connectivity index (χ0) is 12.7. The van der Waals surface area contributed by atoms with E-state index in [4.69, 9.17) is 9.52 Å². The number of carbonyl (C=O) groups is 1. The van der Waals surface area contributed by atoms with Crippen LogP contribution in [0.25, 0.3) is 11.5 Å². The van der Waals surface area contributed by atoms with E-state index in [-0.39, 0.29) is 5.56 Å². The summed E-state index contributed by atoms with van der Waals surface area (Å²) in [6.07, 6.45) is 1.08. The molecule has 1 heterocycles. The molecule has 1 N–H and O–H groups in total. The first-order chi connectivity index (χ1) is 8.65. The zero-order valence-corrected chi connectivity index (χ0v) is 9.83. The molecule has 5 nitrogen and oxygen atoms in total. The first-order valence-electron chi connectivity index (χ1n) is 5.82. The van der Waals surface area contributed by atoms with Crippen LogP contribution in [0.4, 0.5) is 0 Å². The van der Waals surface area contributed by atoms with E-state index < -0.39 is 5.97 Å². The fourth-order valence-electron chi connectivity index (χ4n) is 1.95. The van der Waals surface area contributed by atoms with Crippen LogP contribution < -0.4 is 0 Å². The Morgan fingerprint density at radius 2 is 2.22 bits per heavy atom. The van der Waals surface area contributed by atoms with Gasteiger partial charge < -0.3 is 9.52 Å². The van der Waals surface area contributed by atoms with E-state index in [9.17, 15) is 4.79 Å². The molecular formula is C13H12N2O3. The van der Waals surface area contributed by atoms with Crippen LogP contribution in [0.15, 0.2) is 28.7 Å². The van der Waals surface area contributed by atoms with Gasteiger partial charge in [0.05, 0.1) is 5.56 Å². The van der Waals surface area contributed by atoms with E-state index in [1.807, 2.05) is 0 Å². The van der Waals surface area contributed by atoms with Crippen molar-refractivity contribution in [1.29, 1.82) is 0 Å². The highest BCUT2D eigenvalue weighted by atomic mass is 16.4. The van der Waals surface area contributed by atoms with Gasteiger partial charge in [0.15, 0.2) is 0 Å². The van der Waals surface area contributed by atoms with Crippen LogP contribution in [0.3, 0.4) is 0 Å². The maximum absolute atomic E-state index is 10.9. The zero-order valence-electron chi connectivity index (χ0n) is 9.83. The average Bonchev–Trinajstić information content (AvgIpc) is 2.92. The van der Waals surface area contributed by atoms with E-state index in [0.717, 1.165) is 6.42 Å². The normalized spacial score (nSPS) is 21.8. The van der Waals surface area contributed by atoms with Gasteiger partial charge in [-0.15, -0.1) is 10.2 Å². The van der Waals surface area contributed by atoms with Crippen LogP contribution >= 0.6 is 0 Å². The predicted molar refractivity (Wildman–Crippen MR) is 63.2 cm³/mol. The van der Waals surface area contributed by atoms with Crippen LogP contribution in [-0.4, -0.2) is 21.3 Å². The minimum absolute atomic E-state index is 0.215. The molecule has 0 radical (unpaired) electrons. The number of hydrogen-bond acceptors (Lipinski definition) is 4. The van der Waals surface area contributed by atoms with Crippen molar-refractivity contribution in [2.45, 2.75) is 19.3 Å². The molecule has 0 saturated heterocycles. The van der Waals surface area contributed by atoms with Crippen LogP contribution in [-0.2, 0) is 0 Å². The summed E-state index contributed by atoms with van der Waals surface area (Å²) < 4.78 is 5.58. The smallest absolute Gasteiger partial charge is 0.335 e. The number of aromatic nitrogens is 2. The Bertz CT molecular complexity index is 606. The summed E-state index contributed by atoms with van der Waals surface area (Å²) in [5.41, 5.74) is 0.856. The van der Waals surface area contributed by atoms with Crippen molar-refractivity contribution in [3.63, 3.8) is 0 Å². The molecule has 0 amide bonds. The van der Waals surface area contributed by atoms with Gasteiger partial charge in [0, 0.05) is 11.5 Å².